The second kappa shape index (κ2) is 7.31. The lowest BCUT2D eigenvalue weighted by Gasteiger charge is -2.22. The van der Waals surface area contributed by atoms with Crippen LogP contribution in [0.25, 0.3) is 10.9 Å². The van der Waals surface area contributed by atoms with E-state index in [0.717, 1.165) is 45.4 Å². The molecule has 0 saturated carbocycles. The molecule has 137 valence electrons. The molecule has 1 saturated heterocycles. The highest BCUT2D eigenvalue weighted by atomic mass is 79.9. The van der Waals surface area contributed by atoms with Crippen molar-refractivity contribution in [2.45, 2.75) is 26.7 Å². The normalized spacial score (nSPS) is 14.0. The zero-order valence-corrected chi connectivity index (χ0v) is 17.1. The fraction of sp³-hybridized carbons (Fsp3) is 0.273. The molecule has 4 rings (SSSR count). The van der Waals surface area contributed by atoms with Crippen LogP contribution in [-0.4, -0.2) is 24.0 Å². The van der Waals surface area contributed by atoms with E-state index in [4.69, 9.17) is 4.98 Å². The van der Waals surface area contributed by atoms with Gasteiger partial charge < -0.3 is 10.2 Å². The van der Waals surface area contributed by atoms with Crippen molar-refractivity contribution in [3.63, 3.8) is 0 Å². The molecule has 3 aromatic rings. The third kappa shape index (κ3) is 3.56. The first-order chi connectivity index (χ1) is 13.0. The molecule has 0 spiro atoms. The zero-order valence-electron chi connectivity index (χ0n) is 15.5. The molecule has 0 atom stereocenters. The number of hydrogen-bond acceptors (Lipinski definition) is 3. The fourth-order valence-electron chi connectivity index (χ4n) is 3.61. The van der Waals surface area contributed by atoms with Gasteiger partial charge in [-0.1, -0.05) is 27.6 Å². The van der Waals surface area contributed by atoms with Gasteiger partial charge in [-0.2, -0.15) is 0 Å². The van der Waals surface area contributed by atoms with E-state index in [9.17, 15) is 4.79 Å². The van der Waals surface area contributed by atoms with Gasteiger partial charge in [0.25, 0.3) is 5.91 Å². The minimum Gasteiger partial charge on any atom is -0.356 e. The first-order valence-corrected chi connectivity index (χ1v) is 9.97. The van der Waals surface area contributed by atoms with Gasteiger partial charge in [0.1, 0.15) is 5.82 Å². The number of pyridine rings is 1. The molecule has 2 aromatic carbocycles. The van der Waals surface area contributed by atoms with Crippen LogP contribution in [0.5, 0.6) is 0 Å². The van der Waals surface area contributed by atoms with Crippen molar-refractivity contribution in [1.29, 1.82) is 0 Å². The number of amides is 1. The highest BCUT2D eigenvalue weighted by Crippen LogP contribution is 2.32. The summed E-state index contributed by atoms with van der Waals surface area (Å²) < 4.78 is 0.932. The Morgan fingerprint density at radius 1 is 1.19 bits per heavy atom. The number of nitrogens with one attached hydrogen (secondary N) is 1. The number of carbonyl (C=O) groups excluding carboxylic acids is 1. The Hall–Kier alpha value is -2.40. The highest BCUT2D eigenvalue weighted by molar-refractivity contribution is 9.10. The third-order valence-corrected chi connectivity index (χ3v) is 5.51. The number of anilines is 2. The van der Waals surface area contributed by atoms with Gasteiger partial charge in [-0.15, -0.1) is 0 Å². The number of rotatable bonds is 3. The van der Waals surface area contributed by atoms with Gasteiger partial charge in [-0.05, 0) is 57.0 Å². The lowest BCUT2D eigenvalue weighted by atomic mass is 10.0. The highest BCUT2D eigenvalue weighted by Gasteiger charge is 2.23. The number of halogens is 1. The van der Waals surface area contributed by atoms with Crippen molar-refractivity contribution in [2.75, 3.05) is 23.3 Å². The molecule has 5 heteroatoms. The van der Waals surface area contributed by atoms with E-state index in [2.05, 4.69) is 32.2 Å². The molecule has 27 heavy (non-hydrogen) atoms. The molecule has 1 aromatic heterocycles. The average molecular weight is 423 g/mol. The maximum absolute atomic E-state index is 13.2. The fourth-order valence-corrected chi connectivity index (χ4v) is 3.97. The van der Waals surface area contributed by atoms with E-state index in [1.54, 1.807) is 0 Å². The van der Waals surface area contributed by atoms with E-state index >= 15 is 0 Å². The molecule has 0 aliphatic carbocycles. The Labute approximate surface area is 167 Å². The van der Waals surface area contributed by atoms with E-state index in [-0.39, 0.29) is 5.91 Å². The Morgan fingerprint density at radius 3 is 2.67 bits per heavy atom. The van der Waals surface area contributed by atoms with Crippen LogP contribution in [-0.2, 0) is 0 Å². The van der Waals surface area contributed by atoms with Crippen LogP contribution in [0.4, 0.5) is 11.5 Å². The quantitative estimate of drug-likeness (QED) is 0.625. The zero-order chi connectivity index (χ0) is 19.0. The van der Waals surface area contributed by atoms with Crippen LogP contribution in [0.2, 0.25) is 0 Å². The van der Waals surface area contributed by atoms with E-state index in [1.165, 1.54) is 12.8 Å². The molecule has 1 radical (unpaired) electrons. The van der Waals surface area contributed by atoms with Gasteiger partial charge in [-0.25, -0.2) is 4.98 Å². The van der Waals surface area contributed by atoms with Gasteiger partial charge in [0, 0.05) is 40.3 Å². The second-order valence-corrected chi connectivity index (χ2v) is 7.94. The SMILES string of the molecule is Cc1c[c]c(NC(=O)c2c(C)c(N3CCCC3)nc3ccc(Br)cc23)cc1. The predicted molar refractivity (Wildman–Crippen MR) is 114 cm³/mol. The number of aryl methyl sites for hydroxylation is 1. The van der Waals surface area contributed by atoms with Gasteiger partial charge in [-0.3, -0.25) is 4.79 Å². The molecular formula is C22H21BrN3O. The lowest BCUT2D eigenvalue weighted by molar-refractivity contribution is 0.102. The number of nitrogens with zero attached hydrogens (tertiary/aromatic N) is 2. The van der Waals surface area contributed by atoms with Gasteiger partial charge in [0.15, 0.2) is 0 Å². The van der Waals surface area contributed by atoms with Gasteiger partial charge in [0.2, 0.25) is 0 Å². The van der Waals surface area contributed by atoms with Crippen molar-refractivity contribution in [1.82, 2.24) is 4.98 Å². The first kappa shape index (κ1) is 18.0. The van der Waals surface area contributed by atoms with Crippen molar-refractivity contribution in [2.24, 2.45) is 0 Å². The molecular weight excluding hydrogens is 402 g/mol. The third-order valence-electron chi connectivity index (χ3n) is 5.01. The summed E-state index contributed by atoms with van der Waals surface area (Å²) in [5, 5.41) is 3.86. The Kier molecular flexibility index (Phi) is 4.87. The van der Waals surface area contributed by atoms with E-state index < -0.39 is 0 Å². The summed E-state index contributed by atoms with van der Waals surface area (Å²) in [6.07, 6.45) is 2.33. The largest absolute Gasteiger partial charge is 0.356 e. The number of hydrogen-bond donors (Lipinski definition) is 1. The number of aromatic nitrogens is 1. The summed E-state index contributed by atoms with van der Waals surface area (Å²) in [5.41, 5.74) is 4.22. The average Bonchev–Trinajstić information content (AvgIpc) is 3.17. The Bertz CT molecular complexity index is 1010. The standard InChI is InChI=1S/C22H21BrN3O/c1-14-5-8-17(9-6-14)24-22(27)20-15(2)21(26-11-3-4-12-26)25-19-10-7-16(23)13-18(19)20/h5-8,10,13H,3-4,11-12H2,1-2H3,(H,24,27). The van der Waals surface area contributed by atoms with Gasteiger partial charge in [0.05, 0.1) is 11.1 Å². The monoisotopic (exact) mass is 422 g/mol. The summed E-state index contributed by atoms with van der Waals surface area (Å²) in [5.74, 6) is 0.791. The molecule has 0 unspecified atom stereocenters. The van der Waals surface area contributed by atoms with Crippen LogP contribution in [0.1, 0.15) is 34.3 Å². The van der Waals surface area contributed by atoms with Crippen LogP contribution in [0, 0.1) is 19.9 Å². The predicted octanol–water partition coefficient (Wildman–Crippen LogP) is 5.27. The maximum atomic E-state index is 13.2. The second-order valence-electron chi connectivity index (χ2n) is 7.02. The van der Waals surface area contributed by atoms with Crippen LogP contribution in [0.3, 0.4) is 0 Å². The summed E-state index contributed by atoms with van der Waals surface area (Å²) in [6.45, 7) is 5.97. The lowest BCUT2D eigenvalue weighted by Crippen LogP contribution is -2.23. The van der Waals surface area contributed by atoms with Crippen molar-refractivity contribution < 1.29 is 4.79 Å². The van der Waals surface area contributed by atoms with Crippen LogP contribution >= 0.6 is 15.9 Å². The molecule has 0 bridgehead atoms. The van der Waals surface area contributed by atoms with Crippen molar-refractivity contribution in [3.8, 4) is 0 Å². The summed E-state index contributed by atoms with van der Waals surface area (Å²) in [7, 11) is 0. The molecule has 1 aliphatic rings. The Balaban J connectivity index is 1.83. The maximum Gasteiger partial charge on any atom is 0.256 e. The van der Waals surface area contributed by atoms with Crippen molar-refractivity contribution >= 4 is 44.2 Å². The molecule has 2 heterocycles. The minimum atomic E-state index is -0.126. The first-order valence-electron chi connectivity index (χ1n) is 9.17. The van der Waals surface area contributed by atoms with Crippen LogP contribution < -0.4 is 10.2 Å². The van der Waals surface area contributed by atoms with Crippen LogP contribution in [0.15, 0.2) is 40.9 Å². The van der Waals surface area contributed by atoms with E-state index in [1.807, 2.05) is 50.2 Å². The topological polar surface area (TPSA) is 45.2 Å². The smallest absolute Gasteiger partial charge is 0.256 e. The number of fused-ring (bicyclic) bond motifs is 1. The van der Waals surface area contributed by atoms with Gasteiger partial charge >= 0.3 is 0 Å². The van der Waals surface area contributed by atoms with Crippen molar-refractivity contribution in [3.05, 3.63) is 63.6 Å². The number of benzene rings is 2. The molecule has 1 amide bonds. The Morgan fingerprint density at radius 2 is 1.96 bits per heavy atom. The summed E-state index contributed by atoms with van der Waals surface area (Å²) >= 11 is 3.52. The molecule has 1 N–H and O–H groups in total. The minimum absolute atomic E-state index is 0.126. The molecule has 1 fully saturated rings. The molecule has 1 aliphatic heterocycles. The van der Waals surface area contributed by atoms with E-state index in [0.29, 0.717) is 11.3 Å². The summed E-state index contributed by atoms with van der Waals surface area (Å²) in [6, 6.07) is 14.7. The number of carbonyl (C=O) groups is 1. The molecule has 4 nitrogen and oxygen atoms in total. The summed E-state index contributed by atoms with van der Waals surface area (Å²) in [4.78, 5) is 20.4.